The van der Waals surface area contributed by atoms with E-state index in [1.807, 2.05) is 0 Å². The average molecular weight is 404 g/mol. The number of ether oxygens (including phenoxy) is 1. The second-order valence-electron chi connectivity index (χ2n) is 9.47. The Morgan fingerprint density at radius 1 is 1.21 bits per heavy atom. The van der Waals surface area contributed by atoms with E-state index in [4.69, 9.17) is 14.7 Å². The molecular weight excluding hydrogens is 366 g/mol. The van der Waals surface area contributed by atoms with Gasteiger partial charge in [-0.1, -0.05) is 20.8 Å². The monoisotopic (exact) mass is 403 g/mol. The van der Waals surface area contributed by atoms with E-state index in [0.29, 0.717) is 12.6 Å². The molecule has 0 radical (unpaired) electrons. The zero-order valence-corrected chi connectivity index (χ0v) is 18.5. The Kier molecular flexibility index (Phi) is 7.46. The van der Waals surface area contributed by atoms with Crippen molar-refractivity contribution in [1.29, 1.82) is 0 Å². The first-order valence-corrected chi connectivity index (χ1v) is 10.9. The summed E-state index contributed by atoms with van der Waals surface area (Å²) in [6, 6.07) is 2.55. The second-order valence-corrected chi connectivity index (χ2v) is 9.47. The number of nitrogens with zero attached hydrogens (tertiary/aromatic N) is 4. The number of methoxy groups -OCH3 is 1. The third-order valence-corrected chi connectivity index (χ3v) is 6.09. The quantitative estimate of drug-likeness (QED) is 0.636. The fourth-order valence-electron chi connectivity index (χ4n) is 4.08. The van der Waals surface area contributed by atoms with E-state index in [9.17, 15) is 4.79 Å². The first-order valence-electron chi connectivity index (χ1n) is 10.9. The third kappa shape index (κ3) is 6.12. The van der Waals surface area contributed by atoms with Crippen LogP contribution >= 0.6 is 0 Å². The molecular formula is C22H37N5O2. The molecule has 2 fully saturated rings. The van der Waals surface area contributed by atoms with Crippen molar-refractivity contribution in [3.05, 3.63) is 17.6 Å². The Hall–Kier alpha value is -1.73. The van der Waals surface area contributed by atoms with Crippen LogP contribution < -0.4 is 10.2 Å². The van der Waals surface area contributed by atoms with Gasteiger partial charge in [-0.15, -0.1) is 0 Å². The highest BCUT2D eigenvalue weighted by Crippen LogP contribution is 2.30. The largest absolute Gasteiger partial charge is 0.384 e. The third-order valence-electron chi connectivity index (χ3n) is 6.09. The minimum absolute atomic E-state index is 0.0704. The maximum atomic E-state index is 10.5. The second kappa shape index (κ2) is 9.85. The normalized spacial score (nSPS) is 23.0. The van der Waals surface area contributed by atoms with Crippen molar-refractivity contribution in [2.75, 3.05) is 51.3 Å². The van der Waals surface area contributed by atoms with E-state index in [1.54, 1.807) is 7.11 Å². The number of carbonyl (C=O) groups is 1. The van der Waals surface area contributed by atoms with Crippen molar-refractivity contribution in [2.45, 2.75) is 57.9 Å². The van der Waals surface area contributed by atoms with Gasteiger partial charge in [0.1, 0.15) is 11.6 Å². The number of amides is 1. The first kappa shape index (κ1) is 22.0. The summed E-state index contributed by atoms with van der Waals surface area (Å²) in [5, 5.41) is 2.89. The number of piperazine rings is 1. The van der Waals surface area contributed by atoms with Crippen LogP contribution in [0.4, 0.5) is 5.82 Å². The minimum Gasteiger partial charge on any atom is -0.384 e. The lowest BCUT2D eigenvalue weighted by Gasteiger charge is -2.39. The lowest BCUT2D eigenvalue weighted by Crippen LogP contribution is -2.48. The Balaban J connectivity index is 1.52. The Labute approximate surface area is 175 Å². The van der Waals surface area contributed by atoms with Gasteiger partial charge in [-0.25, -0.2) is 9.97 Å². The van der Waals surface area contributed by atoms with E-state index in [0.717, 1.165) is 81.7 Å². The molecule has 2 aliphatic rings. The van der Waals surface area contributed by atoms with Gasteiger partial charge in [0.25, 0.3) is 0 Å². The molecule has 1 saturated heterocycles. The predicted octanol–water partition coefficient (Wildman–Crippen LogP) is 2.00. The number of nitrogens with one attached hydrogen (secondary N) is 1. The average Bonchev–Trinajstić information content (AvgIpc) is 2.67. The molecule has 0 spiro atoms. The number of anilines is 1. The first-order chi connectivity index (χ1) is 13.9. The summed E-state index contributed by atoms with van der Waals surface area (Å²) >= 11 is 0. The van der Waals surface area contributed by atoms with Crippen LogP contribution in [-0.4, -0.2) is 73.8 Å². The molecule has 0 aromatic carbocycles. The van der Waals surface area contributed by atoms with E-state index in [2.05, 4.69) is 42.0 Å². The number of aromatic nitrogens is 2. The van der Waals surface area contributed by atoms with E-state index >= 15 is 0 Å². The van der Waals surface area contributed by atoms with Crippen LogP contribution in [0.5, 0.6) is 0 Å². The molecule has 29 heavy (non-hydrogen) atoms. The highest BCUT2D eigenvalue weighted by Gasteiger charge is 2.29. The fourth-order valence-corrected chi connectivity index (χ4v) is 4.08. The molecule has 0 bridgehead atoms. The summed E-state index contributed by atoms with van der Waals surface area (Å²) in [5.41, 5.74) is 0.992. The molecule has 1 aliphatic carbocycles. The van der Waals surface area contributed by atoms with Gasteiger partial charge in [0.2, 0.25) is 6.41 Å². The number of hydrogen-bond donors (Lipinski definition) is 1. The van der Waals surface area contributed by atoms with E-state index in [1.165, 1.54) is 6.42 Å². The molecule has 1 aromatic heterocycles. The van der Waals surface area contributed by atoms with Crippen LogP contribution in [0.1, 0.15) is 51.6 Å². The molecule has 1 aliphatic heterocycles. The molecule has 0 atom stereocenters. The van der Waals surface area contributed by atoms with E-state index < -0.39 is 0 Å². The lowest BCUT2D eigenvalue weighted by molar-refractivity contribution is -0.110. The van der Waals surface area contributed by atoms with Crippen LogP contribution in [0.25, 0.3) is 0 Å². The van der Waals surface area contributed by atoms with Gasteiger partial charge in [-0.3, -0.25) is 9.69 Å². The van der Waals surface area contributed by atoms with Crippen molar-refractivity contribution < 1.29 is 9.53 Å². The van der Waals surface area contributed by atoms with Crippen LogP contribution in [0.2, 0.25) is 0 Å². The van der Waals surface area contributed by atoms with Crippen molar-refractivity contribution in [3.63, 3.8) is 0 Å². The van der Waals surface area contributed by atoms with Gasteiger partial charge >= 0.3 is 0 Å². The van der Waals surface area contributed by atoms with Gasteiger partial charge < -0.3 is 15.0 Å². The highest BCUT2D eigenvalue weighted by molar-refractivity contribution is 5.47. The van der Waals surface area contributed by atoms with Gasteiger partial charge in [0, 0.05) is 62.9 Å². The summed E-state index contributed by atoms with van der Waals surface area (Å²) < 4.78 is 5.25. The standard InChI is InChI=1S/C22H37N5O2/c1-22(2,3)21-24-18(6-12-29-4)15-20(25-21)27-10-8-26(9-11-27)7-5-17-13-19(14-17)23-16-28/h15-17,19H,5-14H2,1-4H3,(H,23,28). The zero-order valence-electron chi connectivity index (χ0n) is 18.5. The Morgan fingerprint density at radius 3 is 2.55 bits per heavy atom. The molecule has 0 unspecified atom stereocenters. The predicted molar refractivity (Wildman–Crippen MR) is 115 cm³/mol. The molecule has 1 aromatic rings. The van der Waals surface area contributed by atoms with Crippen LogP contribution in [0.15, 0.2) is 6.07 Å². The Morgan fingerprint density at radius 2 is 1.93 bits per heavy atom. The zero-order chi connectivity index (χ0) is 20.9. The fraction of sp³-hybridized carbons (Fsp3) is 0.773. The van der Waals surface area contributed by atoms with Crippen molar-refractivity contribution in [2.24, 2.45) is 5.92 Å². The van der Waals surface area contributed by atoms with Gasteiger partial charge in [0.15, 0.2) is 0 Å². The molecule has 1 saturated carbocycles. The van der Waals surface area contributed by atoms with Gasteiger partial charge in [-0.2, -0.15) is 0 Å². The van der Waals surface area contributed by atoms with Crippen LogP contribution in [-0.2, 0) is 21.4 Å². The summed E-state index contributed by atoms with van der Waals surface area (Å²) in [5.74, 6) is 2.73. The highest BCUT2D eigenvalue weighted by atomic mass is 16.5. The van der Waals surface area contributed by atoms with Gasteiger partial charge in [-0.05, 0) is 31.7 Å². The minimum atomic E-state index is -0.0704. The number of rotatable bonds is 9. The molecule has 162 valence electrons. The van der Waals surface area contributed by atoms with E-state index in [-0.39, 0.29) is 5.41 Å². The van der Waals surface area contributed by atoms with Crippen molar-refractivity contribution in [1.82, 2.24) is 20.2 Å². The maximum absolute atomic E-state index is 10.5. The molecule has 3 rings (SSSR count). The molecule has 7 heteroatoms. The SMILES string of the molecule is COCCc1cc(N2CCN(CCC3CC(NC=O)C3)CC2)nc(C(C)(C)C)n1. The number of hydrogen-bond acceptors (Lipinski definition) is 6. The van der Waals surface area contributed by atoms with Crippen molar-refractivity contribution in [3.8, 4) is 0 Å². The summed E-state index contributed by atoms with van der Waals surface area (Å²) in [6.45, 7) is 12.5. The molecule has 7 nitrogen and oxygen atoms in total. The molecule has 1 N–H and O–H groups in total. The maximum Gasteiger partial charge on any atom is 0.207 e. The smallest absolute Gasteiger partial charge is 0.207 e. The molecule has 1 amide bonds. The molecule has 2 heterocycles. The summed E-state index contributed by atoms with van der Waals surface area (Å²) in [7, 11) is 1.73. The topological polar surface area (TPSA) is 70.6 Å². The lowest BCUT2D eigenvalue weighted by atomic mass is 9.78. The van der Waals surface area contributed by atoms with Crippen LogP contribution in [0, 0.1) is 5.92 Å². The summed E-state index contributed by atoms with van der Waals surface area (Å²) in [4.78, 5) is 25.1. The number of carbonyl (C=O) groups excluding carboxylic acids is 1. The van der Waals surface area contributed by atoms with Gasteiger partial charge in [0.05, 0.1) is 6.61 Å². The summed E-state index contributed by atoms with van der Waals surface area (Å²) in [6.07, 6.45) is 5.16. The van der Waals surface area contributed by atoms with Crippen LogP contribution in [0.3, 0.4) is 0 Å². The van der Waals surface area contributed by atoms with Crippen molar-refractivity contribution >= 4 is 12.2 Å². The Bertz CT molecular complexity index is 662.